The molecule has 50 heavy (non-hydrogen) atoms. The number of hydrogen-bond donors (Lipinski definition) is 7. The first kappa shape index (κ1) is 36.1. The highest BCUT2D eigenvalue weighted by Crippen LogP contribution is 2.54. The fourth-order valence-corrected chi connectivity index (χ4v) is 7.84. The number of methoxy groups -OCH3 is 1. The summed E-state index contributed by atoms with van der Waals surface area (Å²) in [6.07, 6.45) is -6.85. The molecule has 2 heterocycles. The van der Waals surface area contributed by atoms with E-state index in [4.69, 9.17) is 23.7 Å². The van der Waals surface area contributed by atoms with Gasteiger partial charge in [-0.3, -0.25) is 14.4 Å². The molecule has 0 aromatic heterocycles. The number of ether oxygens (including phenoxy) is 5. The minimum atomic E-state index is -1.79. The predicted molar refractivity (Wildman–Crippen MR) is 171 cm³/mol. The third-order valence-electron chi connectivity index (χ3n) is 10.6. The van der Waals surface area contributed by atoms with E-state index in [1.807, 2.05) is 0 Å². The van der Waals surface area contributed by atoms with Gasteiger partial charge in [0.2, 0.25) is 5.78 Å². The van der Waals surface area contributed by atoms with Crippen molar-refractivity contribution in [2.45, 2.75) is 113 Å². The molecule has 4 aliphatic rings. The number of esters is 1. The third-order valence-corrected chi connectivity index (χ3v) is 10.6. The van der Waals surface area contributed by atoms with Crippen molar-refractivity contribution in [2.24, 2.45) is 0 Å². The maximum atomic E-state index is 13.8. The fraction of sp³-hybridized carbons (Fsp3) is 0.571. The predicted octanol–water partition coefficient (Wildman–Crippen LogP) is 1.40. The van der Waals surface area contributed by atoms with Crippen molar-refractivity contribution < 1.29 is 68.7 Å². The van der Waals surface area contributed by atoms with Crippen LogP contribution in [0.4, 0.5) is 0 Å². The molecule has 2 saturated heterocycles. The van der Waals surface area contributed by atoms with Gasteiger partial charge in [-0.05, 0) is 51.1 Å². The van der Waals surface area contributed by atoms with Crippen molar-refractivity contribution in [1.29, 1.82) is 0 Å². The molecule has 0 bridgehead atoms. The summed E-state index contributed by atoms with van der Waals surface area (Å²) >= 11 is 0. The molecular formula is C35H43NO14. The lowest BCUT2D eigenvalue weighted by atomic mass is 9.67. The van der Waals surface area contributed by atoms with E-state index in [1.54, 1.807) is 27.8 Å². The van der Waals surface area contributed by atoms with Gasteiger partial charge in [0.1, 0.15) is 35.4 Å². The number of carbonyl (C=O) groups excluding carboxylic acids is 3. The topological polar surface area (TPSA) is 231 Å². The molecule has 0 saturated carbocycles. The average Bonchev–Trinajstić information content (AvgIpc) is 3.07. The monoisotopic (exact) mass is 701 g/mol. The van der Waals surface area contributed by atoms with Gasteiger partial charge in [-0.25, -0.2) is 0 Å². The standard InChI is InChI=1S/C35H43NO14/c1-6-35(45)12-21(49-22-10-17(36-4)33(14(3)48-22)50-23-11-20(39)29(40)13(2)47-23)24-15(28(35)34(44)46-5)9-16-25(31(24)42)32(43)27-19(38)8-7-18(37)26(27)30(16)41/h7-9,13-14,17,20-23,28-29,33,36-40,42,45H,6,10-12H2,1-5H3/t13?,14?,17?,20?,21-,22?,23?,28-,29?,33?,35+/m0/s1. The molecule has 0 spiro atoms. The van der Waals surface area contributed by atoms with Crippen molar-refractivity contribution in [2.75, 3.05) is 14.2 Å². The lowest BCUT2D eigenvalue weighted by Gasteiger charge is -2.46. The second-order valence-electron chi connectivity index (χ2n) is 13.5. The summed E-state index contributed by atoms with van der Waals surface area (Å²) in [7, 11) is 2.86. The van der Waals surface area contributed by atoms with Crippen LogP contribution < -0.4 is 5.32 Å². The van der Waals surface area contributed by atoms with Gasteiger partial charge in [-0.2, -0.15) is 0 Å². The van der Waals surface area contributed by atoms with Gasteiger partial charge in [0.05, 0.1) is 53.8 Å². The second-order valence-corrected chi connectivity index (χ2v) is 13.5. The van der Waals surface area contributed by atoms with E-state index in [1.165, 1.54) is 6.07 Å². The van der Waals surface area contributed by atoms with Crippen molar-refractivity contribution in [3.8, 4) is 17.2 Å². The van der Waals surface area contributed by atoms with Crippen LogP contribution >= 0.6 is 0 Å². The van der Waals surface area contributed by atoms with Crippen LogP contribution in [0, 0.1) is 0 Å². The van der Waals surface area contributed by atoms with Gasteiger partial charge in [0.25, 0.3) is 0 Å². The highest BCUT2D eigenvalue weighted by molar-refractivity contribution is 6.31. The van der Waals surface area contributed by atoms with Gasteiger partial charge in [-0.1, -0.05) is 6.92 Å². The van der Waals surface area contributed by atoms with E-state index in [0.717, 1.165) is 19.2 Å². The zero-order chi connectivity index (χ0) is 36.4. The number of phenols is 3. The minimum absolute atomic E-state index is 0.00232. The summed E-state index contributed by atoms with van der Waals surface area (Å²) < 4.78 is 29.7. The molecule has 8 unspecified atom stereocenters. The van der Waals surface area contributed by atoms with Gasteiger partial charge < -0.3 is 59.6 Å². The maximum Gasteiger partial charge on any atom is 0.316 e. The zero-order valence-electron chi connectivity index (χ0n) is 28.3. The number of phenolic OH excluding ortho intramolecular Hbond substituents is 3. The Morgan fingerprint density at radius 2 is 1.58 bits per heavy atom. The highest BCUT2D eigenvalue weighted by Gasteiger charge is 2.53. The Bertz CT molecular complexity index is 1680. The average molecular weight is 702 g/mol. The van der Waals surface area contributed by atoms with E-state index in [-0.39, 0.29) is 48.4 Å². The van der Waals surface area contributed by atoms with Gasteiger partial charge in [-0.15, -0.1) is 0 Å². The summed E-state index contributed by atoms with van der Waals surface area (Å²) in [6, 6.07) is 2.97. The molecule has 2 aliphatic carbocycles. The summed E-state index contributed by atoms with van der Waals surface area (Å²) in [6.45, 7) is 5.05. The number of aliphatic hydroxyl groups is 3. The number of carbonyl (C=O) groups is 3. The number of ketones is 2. The van der Waals surface area contributed by atoms with E-state index >= 15 is 0 Å². The molecule has 272 valence electrons. The molecule has 6 rings (SSSR count). The second kappa shape index (κ2) is 13.5. The quantitative estimate of drug-likeness (QED) is 0.136. The minimum Gasteiger partial charge on any atom is -0.507 e. The van der Waals surface area contributed by atoms with E-state index in [0.29, 0.717) is 0 Å². The van der Waals surface area contributed by atoms with Gasteiger partial charge in [0, 0.05) is 36.4 Å². The van der Waals surface area contributed by atoms with Crippen LogP contribution in [0.15, 0.2) is 18.2 Å². The van der Waals surface area contributed by atoms with Crippen LogP contribution in [0.5, 0.6) is 17.2 Å². The smallest absolute Gasteiger partial charge is 0.316 e. The van der Waals surface area contributed by atoms with E-state index in [9.17, 15) is 45.0 Å². The number of rotatable bonds is 7. The number of hydrogen-bond acceptors (Lipinski definition) is 15. The lowest BCUT2D eigenvalue weighted by molar-refractivity contribution is -0.304. The number of benzene rings is 2. The summed E-state index contributed by atoms with van der Waals surface area (Å²) in [5, 5.41) is 68.4. The zero-order valence-corrected chi connectivity index (χ0v) is 28.3. The Morgan fingerprint density at radius 3 is 2.18 bits per heavy atom. The Morgan fingerprint density at radius 1 is 0.960 bits per heavy atom. The van der Waals surface area contributed by atoms with Crippen LogP contribution in [0.1, 0.15) is 101 Å². The molecule has 2 aliphatic heterocycles. The van der Waals surface area contributed by atoms with Crippen LogP contribution in [0.2, 0.25) is 0 Å². The van der Waals surface area contributed by atoms with Crippen molar-refractivity contribution >= 4 is 17.5 Å². The first-order chi connectivity index (χ1) is 23.6. The van der Waals surface area contributed by atoms with Crippen molar-refractivity contribution in [3.63, 3.8) is 0 Å². The lowest BCUT2D eigenvalue weighted by Crippen LogP contribution is -2.57. The first-order valence-corrected chi connectivity index (χ1v) is 16.6. The van der Waals surface area contributed by atoms with E-state index in [2.05, 4.69) is 5.32 Å². The van der Waals surface area contributed by atoms with E-state index < -0.39 is 112 Å². The van der Waals surface area contributed by atoms with Crippen molar-refractivity contribution in [3.05, 3.63) is 51.6 Å². The molecule has 15 nitrogen and oxygen atoms in total. The molecule has 2 aromatic carbocycles. The normalized spacial score (nSPS) is 35.2. The summed E-state index contributed by atoms with van der Waals surface area (Å²) in [4.78, 5) is 40.9. The molecule has 15 heteroatoms. The molecule has 2 aromatic rings. The Hall–Kier alpha value is -3.67. The number of aromatic hydroxyl groups is 3. The molecule has 0 amide bonds. The summed E-state index contributed by atoms with van der Waals surface area (Å²) in [5.74, 6) is -5.86. The third kappa shape index (κ3) is 5.84. The molecule has 7 N–H and O–H groups in total. The van der Waals surface area contributed by atoms with Crippen LogP contribution in [0.25, 0.3) is 0 Å². The number of nitrogens with one attached hydrogen (secondary N) is 1. The Labute approximate surface area is 287 Å². The largest absolute Gasteiger partial charge is 0.507 e. The molecule has 11 atom stereocenters. The first-order valence-electron chi connectivity index (χ1n) is 16.6. The molecule has 0 radical (unpaired) electrons. The fourth-order valence-electron chi connectivity index (χ4n) is 7.84. The number of aliphatic hydroxyl groups excluding tert-OH is 2. The Kier molecular flexibility index (Phi) is 9.73. The number of likely N-dealkylation sites (N-methyl/N-ethyl adjacent to an activating group) is 1. The summed E-state index contributed by atoms with van der Waals surface area (Å²) in [5.41, 5.74) is -3.54. The van der Waals surface area contributed by atoms with Crippen LogP contribution in [-0.2, 0) is 28.5 Å². The van der Waals surface area contributed by atoms with Gasteiger partial charge >= 0.3 is 5.97 Å². The molecular weight excluding hydrogens is 658 g/mol. The van der Waals surface area contributed by atoms with Crippen LogP contribution in [0.3, 0.4) is 0 Å². The Balaban J connectivity index is 1.37. The maximum absolute atomic E-state index is 13.8. The van der Waals surface area contributed by atoms with Crippen LogP contribution in [-0.4, -0.2) is 117 Å². The van der Waals surface area contributed by atoms with Crippen molar-refractivity contribution in [1.82, 2.24) is 5.32 Å². The highest BCUT2D eigenvalue weighted by atomic mass is 16.7. The van der Waals surface area contributed by atoms with Gasteiger partial charge in [0.15, 0.2) is 18.4 Å². The number of fused-ring (bicyclic) bond motifs is 3. The molecule has 2 fully saturated rings. The SMILES string of the molecule is CC[C@@]1(O)C[C@H](OC2CC(NC)C(OC3CC(O)C(O)C(C)O3)C(C)O2)c2c(cc3c(c2O)C(=O)c2c(O)ccc(O)c2C3=O)[C@H]1C(=O)OC.